The molecule has 1 aromatic rings. The first-order valence-electron chi connectivity index (χ1n) is 7.12. The fourth-order valence-electron chi connectivity index (χ4n) is 2.68. The summed E-state index contributed by atoms with van der Waals surface area (Å²) in [6, 6.07) is 6.23. The third kappa shape index (κ3) is 3.29. The number of carbonyl (C=O) groups excluding carboxylic acids is 1. The van der Waals surface area contributed by atoms with Gasteiger partial charge in [0.15, 0.2) is 0 Å². The molecule has 2 atom stereocenters. The molecule has 20 heavy (non-hydrogen) atoms. The Morgan fingerprint density at radius 3 is 2.60 bits per heavy atom. The molecule has 1 heterocycles. The van der Waals surface area contributed by atoms with Gasteiger partial charge in [0, 0.05) is 13.0 Å². The molecule has 0 bridgehead atoms. The van der Waals surface area contributed by atoms with Gasteiger partial charge in [0.25, 0.3) is 0 Å². The van der Waals surface area contributed by atoms with E-state index < -0.39 is 0 Å². The zero-order chi connectivity index (χ0) is 14.7. The third-order valence-electron chi connectivity index (χ3n) is 3.91. The van der Waals surface area contributed by atoms with Gasteiger partial charge in [-0.05, 0) is 43.6 Å². The van der Waals surface area contributed by atoms with Gasteiger partial charge < -0.3 is 9.64 Å². The Labute approximate surface area is 126 Å². The summed E-state index contributed by atoms with van der Waals surface area (Å²) in [5.74, 6) is 2.32. The lowest BCUT2D eigenvalue weighted by atomic mass is 10.1. The van der Waals surface area contributed by atoms with Crippen LogP contribution in [0.25, 0.3) is 0 Å². The maximum atomic E-state index is 12.0. The highest BCUT2D eigenvalue weighted by Gasteiger charge is 2.32. The van der Waals surface area contributed by atoms with Crippen LogP contribution in [0.5, 0.6) is 5.75 Å². The van der Waals surface area contributed by atoms with Crippen molar-refractivity contribution in [2.24, 2.45) is 5.92 Å². The highest BCUT2D eigenvalue weighted by molar-refractivity contribution is 7.80. The second-order valence-corrected chi connectivity index (χ2v) is 6.04. The van der Waals surface area contributed by atoms with Gasteiger partial charge in [-0.1, -0.05) is 18.2 Å². The summed E-state index contributed by atoms with van der Waals surface area (Å²) in [7, 11) is 0. The van der Waals surface area contributed by atoms with Crippen molar-refractivity contribution < 1.29 is 9.53 Å². The van der Waals surface area contributed by atoms with E-state index >= 15 is 0 Å². The lowest BCUT2D eigenvalue weighted by Crippen LogP contribution is -2.38. The van der Waals surface area contributed by atoms with Gasteiger partial charge in [-0.3, -0.25) is 4.79 Å². The molecule has 0 spiro atoms. The molecule has 1 aliphatic heterocycles. The van der Waals surface area contributed by atoms with E-state index in [0.29, 0.717) is 18.9 Å². The first-order valence-corrected chi connectivity index (χ1v) is 7.75. The molecule has 0 radical (unpaired) electrons. The number of aryl methyl sites for hydroxylation is 2. The molecular weight excluding hydrogens is 270 g/mol. The average molecular weight is 293 g/mol. The number of rotatable bonds is 5. The number of carbonyl (C=O) groups is 1. The van der Waals surface area contributed by atoms with E-state index in [2.05, 4.69) is 12.6 Å². The highest BCUT2D eigenvalue weighted by atomic mass is 32.1. The largest absolute Gasteiger partial charge is 0.491 e. The number of benzene rings is 1. The number of amides is 1. The summed E-state index contributed by atoms with van der Waals surface area (Å²) in [6.45, 7) is 7.48. The van der Waals surface area contributed by atoms with Crippen LogP contribution in [-0.4, -0.2) is 35.8 Å². The van der Waals surface area contributed by atoms with Crippen LogP contribution >= 0.6 is 12.6 Å². The van der Waals surface area contributed by atoms with E-state index in [0.717, 1.165) is 29.2 Å². The van der Waals surface area contributed by atoms with Crippen molar-refractivity contribution in [1.82, 2.24) is 4.90 Å². The van der Waals surface area contributed by atoms with Crippen molar-refractivity contribution in [3.05, 3.63) is 29.3 Å². The van der Waals surface area contributed by atoms with Gasteiger partial charge in [0.1, 0.15) is 12.4 Å². The van der Waals surface area contributed by atoms with Crippen LogP contribution in [0.4, 0.5) is 0 Å². The standard InChI is InChI=1S/C16H23NO2S/c1-11-5-4-6-12(2)16(11)19-9-13(3)17-8-14(10-20)7-15(17)18/h4-6,13-14,20H,7-10H2,1-3H3. The van der Waals surface area contributed by atoms with Crippen LogP contribution in [0, 0.1) is 19.8 Å². The van der Waals surface area contributed by atoms with Gasteiger partial charge in [-0.25, -0.2) is 0 Å². The molecule has 1 amide bonds. The molecular formula is C16H23NO2S. The van der Waals surface area contributed by atoms with Crippen molar-refractivity contribution in [1.29, 1.82) is 0 Å². The van der Waals surface area contributed by atoms with Crippen LogP contribution in [-0.2, 0) is 4.79 Å². The van der Waals surface area contributed by atoms with E-state index in [1.165, 1.54) is 0 Å². The summed E-state index contributed by atoms with van der Waals surface area (Å²) in [4.78, 5) is 13.9. The lowest BCUT2D eigenvalue weighted by molar-refractivity contribution is -0.129. The van der Waals surface area contributed by atoms with Crippen molar-refractivity contribution in [2.45, 2.75) is 33.2 Å². The summed E-state index contributed by atoms with van der Waals surface area (Å²) < 4.78 is 5.95. The molecule has 110 valence electrons. The quantitative estimate of drug-likeness (QED) is 0.846. The second-order valence-electron chi connectivity index (χ2n) is 5.68. The molecule has 0 aliphatic carbocycles. The first-order chi connectivity index (χ1) is 9.52. The van der Waals surface area contributed by atoms with Crippen LogP contribution in [0.2, 0.25) is 0 Å². The van der Waals surface area contributed by atoms with Gasteiger partial charge in [0.2, 0.25) is 5.91 Å². The van der Waals surface area contributed by atoms with Crippen molar-refractivity contribution in [2.75, 3.05) is 18.9 Å². The number of para-hydroxylation sites is 1. The van der Waals surface area contributed by atoms with Crippen LogP contribution < -0.4 is 4.74 Å². The minimum absolute atomic E-state index is 0.103. The van der Waals surface area contributed by atoms with E-state index in [1.54, 1.807) is 0 Å². The predicted octanol–water partition coefficient (Wildman–Crippen LogP) is 2.85. The summed E-state index contributed by atoms with van der Waals surface area (Å²) in [6.07, 6.45) is 0.622. The number of nitrogens with zero attached hydrogens (tertiary/aromatic N) is 1. The molecule has 2 unspecified atom stereocenters. The zero-order valence-corrected chi connectivity index (χ0v) is 13.3. The Morgan fingerprint density at radius 1 is 1.40 bits per heavy atom. The van der Waals surface area contributed by atoms with E-state index in [-0.39, 0.29) is 11.9 Å². The van der Waals surface area contributed by atoms with Gasteiger partial charge >= 0.3 is 0 Å². The van der Waals surface area contributed by atoms with Gasteiger partial charge in [-0.2, -0.15) is 12.6 Å². The average Bonchev–Trinajstić information content (AvgIpc) is 2.79. The second kappa shape index (κ2) is 6.53. The van der Waals surface area contributed by atoms with E-state index in [1.807, 2.05) is 43.9 Å². The van der Waals surface area contributed by atoms with Crippen molar-refractivity contribution >= 4 is 18.5 Å². The molecule has 3 nitrogen and oxygen atoms in total. The number of ether oxygens (including phenoxy) is 1. The molecule has 1 saturated heterocycles. The molecule has 1 fully saturated rings. The first kappa shape index (κ1) is 15.2. The van der Waals surface area contributed by atoms with Crippen molar-refractivity contribution in [3.8, 4) is 5.75 Å². The SMILES string of the molecule is Cc1cccc(C)c1OCC(C)N1CC(CS)CC1=O. The fourth-order valence-corrected chi connectivity index (χ4v) is 2.92. The Kier molecular flexibility index (Phi) is 4.97. The predicted molar refractivity (Wildman–Crippen MR) is 84.5 cm³/mol. The van der Waals surface area contributed by atoms with E-state index in [9.17, 15) is 4.79 Å². The smallest absolute Gasteiger partial charge is 0.223 e. The summed E-state index contributed by atoms with van der Waals surface area (Å²) in [5, 5.41) is 0. The highest BCUT2D eigenvalue weighted by Crippen LogP contribution is 2.24. The summed E-state index contributed by atoms with van der Waals surface area (Å²) >= 11 is 4.29. The lowest BCUT2D eigenvalue weighted by Gasteiger charge is -2.25. The number of hydrogen-bond donors (Lipinski definition) is 1. The Bertz CT molecular complexity index is 469. The molecule has 0 saturated carbocycles. The van der Waals surface area contributed by atoms with Crippen molar-refractivity contribution in [3.63, 3.8) is 0 Å². The summed E-state index contributed by atoms with van der Waals surface area (Å²) in [5.41, 5.74) is 2.27. The Hall–Kier alpha value is -1.16. The molecule has 0 aromatic heterocycles. The third-order valence-corrected chi connectivity index (χ3v) is 4.42. The maximum Gasteiger partial charge on any atom is 0.223 e. The number of likely N-dealkylation sites (tertiary alicyclic amines) is 1. The fraction of sp³-hybridized carbons (Fsp3) is 0.562. The van der Waals surface area contributed by atoms with Crippen LogP contribution in [0.15, 0.2) is 18.2 Å². The number of hydrogen-bond acceptors (Lipinski definition) is 3. The van der Waals surface area contributed by atoms with Crippen LogP contribution in [0.1, 0.15) is 24.5 Å². The monoisotopic (exact) mass is 293 g/mol. The molecule has 1 aromatic carbocycles. The van der Waals surface area contributed by atoms with Gasteiger partial charge in [-0.15, -0.1) is 0 Å². The molecule has 1 aliphatic rings. The maximum absolute atomic E-state index is 12.0. The molecule has 2 rings (SSSR count). The van der Waals surface area contributed by atoms with Gasteiger partial charge in [0.05, 0.1) is 6.04 Å². The van der Waals surface area contributed by atoms with E-state index in [4.69, 9.17) is 4.74 Å². The zero-order valence-electron chi connectivity index (χ0n) is 12.4. The van der Waals surface area contributed by atoms with Crippen LogP contribution in [0.3, 0.4) is 0 Å². The Balaban J connectivity index is 1.96. The Morgan fingerprint density at radius 2 is 2.05 bits per heavy atom. The topological polar surface area (TPSA) is 29.5 Å². The minimum Gasteiger partial charge on any atom is -0.491 e. The molecule has 0 N–H and O–H groups in total. The normalized spacial score (nSPS) is 20.3. The minimum atomic E-state index is 0.103. The number of thiol groups is 1. The molecule has 4 heteroatoms.